The molecule has 1 aliphatic heterocycles. The Hall–Kier alpha value is -1.47. The van der Waals surface area contributed by atoms with E-state index >= 15 is 0 Å². The molecule has 1 N–H and O–H groups in total. The number of aliphatic carboxylic acids is 1. The van der Waals surface area contributed by atoms with Crippen molar-refractivity contribution in [2.75, 3.05) is 19.8 Å². The van der Waals surface area contributed by atoms with Gasteiger partial charge in [-0.05, 0) is 41.1 Å². The molecule has 1 heterocycles. The Labute approximate surface area is 129 Å². The van der Waals surface area contributed by atoms with Crippen LogP contribution in [0.4, 0.5) is 4.39 Å². The number of carboxylic acid groups (broad SMARTS) is 1. The van der Waals surface area contributed by atoms with Gasteiger partial charge in [0, 0.05) is 12.1 Å². The third-order valence-corrected chi connectivity index (χ3v) is 4.18. The van der Waals surface area contributed by atoms with Crippen LogP contribution in [0.25, 0.3) is 0 Å². The number of carbonyl (C=O) groups is 2. The first-order valence-corrected chi connectivity index (χ1v) is 7.31. The van der Waals surface area contributed by atoms with Gasteiger partial charge in [0.25, 0.3) is 5.91 Å². The highest BCUT2D eigenvalue weighted by atomic mass is 79.9. The summed E-state index contributed by atoms with van der Waals surface area (Å²) in [7, 11) is 0. The molecule has 0 radical (unpaired) electrons. The smallest absolute Gasteiger partial charge is 0.311 e. The highest BCUT2D eigenvalue weighted by molar-refractivity contribution is 9.10. The van der Waals surface area contributed by atoms with Crippen LogP contribution in [0.2, 0.25) is 0 Å². The molecule has 0 aliphatic carbocycles. The minimum atomic E-state index is -0.995. The number of rotatable bonds is 4. The van der Waals surface area contributed by atoms with Crippen molar-refractivity contribution in [1.29, 1.82) is 0 Å². The summed E-state index contributed by atoms with van der Waals surface area (Å²) in [5.41, 5.74) is 0.189. The van der Waals surface area contributed by atoms with Gasteiger partial charge in [0.1, 0.15) is 11.7 Å². The predicted octanol–water partition coefficient (Wildman–Crippen LogP) is 2.15. The molecule has 21 heavy (non-hydrogen) atoms. The SMILES string of the molecule is CCN(C(=O)c1ccc(Br)c(F)c1)C1COCC1C(=O)O. The van der Waals surface area contributed by atoms with E-state index in [2.05, 4.69) is 15.9 Å². The summed E-state index contributed by atoms with van der Waals surface area (Å²) in [5, 5.41) is 9.18. The first-order chi connectivity index (χ1) is 9.95. The summed E-state index contributed by atoms with van der Waals surface area (Å²) in [4.78, 5) is 25.1. The van der Waals surface area contributed by atoms with Crippen molar-refractivity contribution in [2.24, 2.45) is 5.92 Å². The van der Waals surface area contributed by atoms with Crippen molar-refractivity contribution >= 4 is 27.8 Å². The molecule has 1 aromatic rings. The Morgan fingerprint density at radius 3 is 2.76 bits per heavy atom. The van der Waals surface area contributed by atoms with E-state index in [1.54, 1.807) is 6.92 Å². The van der Waals surface area contributed by atoms with Gasteiger partial charge < -0.3 is 14.7 Å². The molecule has 1 aromatic carbocycles. The molecule has 7 heteroatoms. The Morgan fingerprint density at radius 1 is 1.48 bits per heavy atom. The topological polar surface area (TPSA) is 66.8 Å². The van der Waals surface area contributed by atoms with Crippen LogP contribution in [0, 0.1) is 11.7 Å². The molecular weight excluding hydrogens is 345 g/mol. The molecule has 0 bridgehead atoms. The number of amides is 1. The Kier molecular flexibility index (Phi) is 4.95. The zero-order chi connectivity index (χ0) is 15.6. The summed E-state index contributed by atoms with van der Waals surface area (Å²) >= 11 is 3.03. The van der Waals surface area contributed by atoms with E-state index < -0.39 is 29.7 Å². The van der Waals surface area contributed by atoms with Crippen molar-refractivity contribution in [3.63, 3.8) is 0 Å². The second kappa shape index (κ2) is 6.53. The molecule has 2 unspecified atom stereocenters. The number of benzene rings is 1. The van der Waals surface area contributed by atoms with E-state index in [4.69, 9.17) is 4.74 Å². The number of likely N-dealkylation sites (N-methyl/N-ethyl adjacent to an activating group) is 1. The van der Waals surface area contributed by atoms with Crippen molar-refractivity contribution in [3.8, 4) is 0 Å². The average Bonchev–Trinajstić information content (AvgIpc) is 2.92. The fourth-order valence-corrected chi connectivity index (χ4v) is 2.66. The largest absolute Gasteiger partial charge is 0.481 e. The zero-order valence-corrected chi connectivity index (χ0v) is 13.0. The molecule has 0 spiro atoms. The van der Waals surface area contributed by atoms with Gasteiger partial charge in [-0.15, -0.1) is 0 Å². The molecule has 1 amide bonds. The van der Waals surface area contributed by atoms with Gasteiger partial charge in [-0.1, -0.05) is 0 Å². The zero-order valence-electron chi connectivity index (χ0n) is 11.4. The van der Waals surface area contributed by atoms with Crippen molar-refractivity contribution in [2.45, 2.75) is 13.0 Å². The first kappa shape index (κ1) is 15.9. The average molecular weight is 360 g/mol. The Bertz CT molecular complexity index is 566. The van der Waals surface area contributed by atoms with Crippen LogP contribution in [0.1, 0.15) is 17.3 Å². The summed E-state index contributed by atoms with van der Waals surface area (Å²) < 4.78 is 19.0. The van der Waals surface area contributed by atoms with Gasteiger partial charge in [0.2, 0.25) is 0 Å². The van der Waals surface area contributed by atoms with E-state index in [0.717, 1.165) is 6.07 Å². The molecule has 1 saturated heterocycles. The number of hydrogen-bond donors (Lipinski definition) is 1. The highest BCUT2D eigenvalue weighted by Crippen LogP contribution is 2.23. The predicted molar refractivity (Wildman–Crippen MR) is 76.5 cm³/mol. The van der Waals surface area contributed by atoms with Gasteiger partial charge in [-0.25, -0.2) is 4.39 Å². The molecule has 2 atom stereocenters. The lowest BCUT2D eigenvalue weighted by atomic mass is 10.0. The third kappa shape index (κ3) is 3.24. The lowest BCUT2D eigenvalue weighted by Gasteiger charge is -2.29. The van der Waals surface area contributed by atoms with Gasteiger partial charge in [-0.2, -0.15) is 0 Å². The van der Waals surface area contributed by atoms with Gasteiger partial charge >= 0.3 is 5.97 Å². The maximum atomic E-state index is 13.6. The van der Waals surface area contributed by atoms with Crippen LogP contribution in [0.5, 0.6) is 0 Å². The molecule has 0 saturated carbocycles. The van der Waals surface area contributed by atoms with E-state index in [1.165, 1.54) is 17.0 Å². The molecular formula is C14H15BrFNO4. The molecule has 1 fully saturated rings. The second-order valence-corrected chi connectivity index (χ2v) is 5.62. The molecule has 2 rings (SSSR count). The summed E-state index contributed by atoms with van der Waals surface area (Å²) in [6, 6.07) is 3.56. The normalized spacial score (nSPS) is 21.3. The second-order valence-electron chi connectivity index (χ2n) is 4.77. The lowest BCUT2D eigenvalue weighted by molar-refractivity contribution is -0.142. The van der Waals surface area contributed by atoms with E-state index in [-0.39, 0.29) is 23.2 Å². The van der Waals surface area contributed by atoms with Crippen molar-refractivity contribution in [3.05, 3.63) is 34.1 Å². The monoisotopic (exact) mass is 359 g/mol. The van der Waals surface area contributed by atoms with Crippen LogP contribution in [0.3, 0.4) is 0 Å². The van der Waals surface area contributed by atoms with Crippen LogP contribution in [-0.4, -0.2) is 47.7 Å². The van der Waals surface area contributed by atoms with E-state index in [0.29, 0.717) is 6.54 Å². The molecule has 5 nitrogen and oxygen atoms in total. The minimum Gasteiger partial charge on any atom is -0.481 e. The first-order valence-electron chi connectivity index (χ1n) is 6.52. The maximum Gasteiger partial charge on any atom is 0.311 e. The quantitative estimate of drug-likeness (QED) is 0.894. The Morgan fingerprint density at radius 2 is 2.19 bits per heavy atom. The van der Waals surface area contributed by atoms with Crippen molar-refractivity contribution in [1.82, 2.24) is 4.90 Å². The lowest BCUT2D eigenvalue weighted by Crippen LogP contribution is -2.46. The van der Waals surface area contributed by atoms with Gasteiger partial charge in [-0.3, -0.25) is 9.59 Å². The number of ether oxygens (including phenoxy) is 1. The number of carbonyl (C=O) groups excluding carboxylic acids is 1. The maximum absolute atomic E-state index is 13.6. The fraction of sp³-hybridized carbons (Fsp3) is 0.429. The van der Waals surface area contributed by atoms with Gasteiger partial charge in [0.05, 0.1) is 23.7 Å². The van der Waals surface area contributed by atoms with E-state index in [1.807, 2.05) is 0 Å². The molecule has 1 aliphatic rings. The van der Waals surface area contributed by atoms with Crippen LogP contribution in [0.15, 0.2) is 22.7 Å². The highest BCUT2D eigenvalue weighted by Gasteiger charge is 2.39. The number of nitrogens with zero attached hydrogens (tertiary/aromatic N) is 1. The number of halogens is 2. The van der Waals surface area contributed by atoms with Crippen LogP contribution < -0.4 is 0 Å². The van der Waals surface area contributed by atoms with Crippen LogP contribution >= 0.6 is 15.9 Å². The van der Waals surface area contributed by atoms with E-state index in [9.17, 15) is 19.1 Å². The third-order valence-electron chi connectivity index (χ3n) is 3.54. The summed E-state index contributed by atoms with van der Waals surface area (Å²) in [6.07, 6.45) is 0. The number of carboxylic acids is 1. The van der Waals surface area contributed by atoms with Crippen LogP contribution in [-0.2, 0) is 9.53 Å². The molecule has 0 aromatic heterocycles. The standard InChI is InChI=1S/C14H15BrFNO4/c1-2-17(12-7-21-6-9(12)14(19)20)13(18)8-3-4-10(15)11(16)5-8/h3-5,9,12H,2,6-7H2,1H3,(H,19,20). The Balaban J connectivity index is 2.26. The van der Waals surface area contributed by atoms with Gasteiger partial charge in [0.15, 0.2) is 0 Å². The number of hydrogen-bond acceptors (Lipinski definition) is 3. The molecule has 114 valence electrons. The summed E-state index contributed by atoms with van der Waals surface area (Å²) in [5.74, 6) is -2.68. The minimum absolute atomic E-state index is 0.0818. The summed E-state index contributed by atoms with van der Waals surface area (Å²) in [6.45, 7) is 2.34. The fourth-order valence-electron chi connectivity index (χ4n) is 2.41. The van der Waals surface area contributed by atoms with Crippen molar-refractivity contribution < 1.29 is 23.8 Å².